The molecule has 3 aromatic rings. The fourth-order valence-electron chi connectivity index (χ4n) is 2.65. The summed E-state index contributed by atoms with van der Waals surface area (Å²) in [6.07, 6.45) is 5.08. The lowest BCUT2D eigenvalue weighted by atomic mass is 10.1. The molecular formula is C15H13ClN6. The zero-order valence-corrected chi connectivity index (χ0v) is 12.5. The van der Waals surface area contributed by atoms with Crippen molar-refractivity contribution in [3.8, 4) is 11.3 Å². The summed E-state index contributed by atoms with van der Waals surface area (Å²) in [4.78, 5) is 13.0. The lowest BCUT2D eigenvalue weighted by Crippen LogP contribution is -2.24. The molecule has 0 radical (unpaired) electrons. The van der Waals surface area contributed by atoms with E-state index in [1.54, 1.807) is 18.6 Å². The van der Waals surface area contributed by atoms with Gasteiger partial charge in [0.05, 0.1) is 30.5 Å². The molecule has 0 amide bonds. The first-order valence-corrected chi connectivity index (χ1v) is 7.39. The third kappa shape index (κ3) is 2.21. The smallest absolute Gasteiger partial charge is 0.158 e. The van der Waals surface area contributed by atoms with E-state index in [1.807, 2.05) is 22.9 Å². The van der Waals surface area contributed by atoms with Crippen molar-refractivity contribution < 1.29 is 0 Å². The van der Waals surface area contributed by atoms with Gasteiger partial charge in [0.25, 0.3) is 0 Å². The van der Waals surface area contributed by atoms with Gasteiger partial charge in [0.2, 0.25) is 0 Å². The van der Waals surface area contributed by atoms with Crippen LogP contribution in [0.15, 0.2) is 41.8 Å². The number of aromatic nitrogens is 4. The standard InChI is InChI=1S/C15H13ClN6/c16-15-11-3-1-2-10(12-8-17-4-5-18-12)14(11)22(21-15)9-13-19-6-7-20-13/h1-5,8H,6-7,9H2,(H,19,20). The highest BCUT2D eigenvalue weighted by Crippen LogP contribution is 2.31. The Morgan fingerprint density at radius 2 is 2.23 bits per heavy atom. The maximum absolute atomic E-state index is 6.29. The molecule has 22 heavy (non-hydrogen) atoms. The van der Waals surface area contributed by atoms with Crippen LogP contribution in [0.2, 0.25) is 5.15 Å². The van der Waals surface area contributed by atoms with Gasteiger partial charge in [-0.15, -0.1) is 0 Å². The van der Waals surface area contributed by atoms with Crippen molar-refractivity contribution in [1.82, 2.24) is 25.1 Å². The maximum atomic E-state index is 6.29. The summed E-state index contributed by atoms with van der Waals surface area (Å²) >= 11 is 6.29. The molecule has 0 saturated carbocycles. The molecule has 7 heteroatoms. The van der Waals surface area contributed by atoms with E-state index in [0.717, 1.165) is 41.1 Å². The van der Waals surface area contributed by atoms with Crippen LogP contribution in [0.3, 0.4) is 0 Å². The van der Waals surface area contributed by atoms with E-state index in [9.17, 15) is 0 Å². The van der Waals surface area contributed by atoms with E-state index in [-0.39, 0.29) is 0 Å². The predicted octanol–water partition coefficient (Wildman–Crippen LogP) is 2.15. The van der Waals surface area contributed by atoms with Gasteiger partial charge in [-0.2, -0.15) is 5.10 Å². The quantitative estimate of drug-likeness (QED) is 0.804. The van der Waals surface area contributed by atoms with Crippen molar-refractivity contribution in [3.05, 3.63) is 41.9 Å². The Bertz CT molecular complexity index is 855. The summed E-state index contributed by atoms with van der Waals surface area (Å²) in [5, 5.41) is 9.10. The minimum absolute atomic E-state index is 0.485. The Labute approximate surface area is 131 Å². The molecule has 0 fully saturated rings. The Morgan fingerprint density at radius 3 is 3.00 bits per heavy atom. The molecule has 0 unspecified atom stereocenters. The second kappa shape index (κ2) is 5.38. The molecule has 1 aliphatic rings. The van der Waals surface area contributed by atoms with E-state index in [2.05, 4.69) is 25.4 Å². The highest BCUT2D eigenvalue weighted by Gasteiger charge is 2.16. The molecule has 0 aliphatic carbocycles. The van der Waals surface area contributed by atoms with Crippen molar-refractivity contribution in [3.63, 3.8) is 0 Å². The Kier molecular flexibility index (Phi) is 3.23. The molecule has 2 aromatic heterocycles. The zero-order valence-electron chi connectivity index (χ0n) is 11.7. The predicted molar refractivity (Wildman–Crippen MR) is 86.1 cm³/mol. The van der Waals surface area contributed by atoms with Crippen LogP contribution >= 0.6 is 11.6 Å². The molecule has 1 N–H and O–H groups in total. The Balaban J connectivity index is 1.90. The Hall–Kier alpha value is -2.47. The van der Waals surface area contributed by atoms with E-state index in [1.165, 1.54) is 0 Å². The van der Waals surface area contributed by atoms with Crippen molar-refractivity contribution in [1.29, 1.82) is 0 Å². The summed E-state index contributed by atoms with van der Waals surface area (Å²) < 4.78 is 1.87. The van der Waals surface area contributed by atoms with Gasteiger partial charge >= 0.3 is 0 Å². The molecule has 1 aromatic carbocycles. The van der Waals surface area contributed by atoms with Crippen LogP contribution in [0.1, 0.15) is 0 Å². The Morgan fingerprint density at radius 1 is 1.27 bits per heavy atom. The molecule has 4 rings (SSSR count). The second-order valence-corrected chi connectivity index (χ2v) is 5.35. The highest BCUT2D eigenvalue weighted by molar-refractivity contribution is 6.34. The van der Waals surface area contributed by atoms with Gasteiger partial charge in [-0.25, -0.2) is 0 Å². The van der Waals surface area contributed by atoms with Crippen LogP contribution in [0.4, 0.5) is 0 Å². The third-order valence-electron chi connectivity index (χ3n) is 3.61. The molecule has 110 valence electrons. The average molecular weight is 313 g/mol. The van der Waals surface area contributed by atoms with Crippen molar-refractivity contribution >= 4 is 28.3 Å². The molecule has 0 spiro atoms. The minimum Gasteiger partial charge on any atom is -0.370 e. The van der Waals surface area contributed by atoms with Gasteiger partial charge in [-0.05, 0) is 6.07 Å². The molecular weight excluding hydrogens is 300 g/mol. The number of amidine groups is 1. The normalized spacial score (nSPS) is 14.1. The van der Waals surface area contributed by atoms with Gasteiger partial charge < -0.3 is 5.32 Å². The zero-order chi connectivity index (χ0) is 14.9. The van der Waals surface area contributed by atoms with Gasteiger partial charge in [0.1, 0.15) is 5.84 Å². The largest absolute Gasteiger partial charge is 0.370 e. The van der Waals surface area contributed by atoms with E-state index >= 15 is 0 Å². The first-order chi connectivity index (χ1) is 10.8. The van der Waals surface area contributed by atoms with Gasteiger partial charge in [0.15, 0.2) is 5.15 Å². The van der Waals surface area contributed by atoms with Crippen LogP contribution in [0, 0.1) is 0 Å². The fraction of sp³-hybridized carbons (Fsp3) is 0.200. The maximum Gasteiger partial charge on any atom is 0.158 e. The summed E-state index contributed by atoms with van der Waals surface area (Å²) in [7, 11) is 0. The number of hydrogen-bond donors (Lipinski definition) is 1. The first kappa shape index (κ1) is 13.2. The summed E-state index contributed by atoms with van der Waals surface area (Å²) in [6, 6.07) is 5.92. The number of nitrogens with zero attached hydrogens (tertiary/aromatic N) is 5. The summed E-state index contributed by atoms with van der Waals surface area (Å²) in [5.41, 5.74) is 2.71. The van der Waals surface area contributed by atoms with Gasteiger partial charge in [-0.1, -0.05) is 23.7 Å². The van der Waals surface area contributed by atoms with Crippen LogP contribution in [-0.4, -0.2) is 38.7 Å². The lowest BCUT2D eigenvalue weighted by molar-refractivity contribution is 0.739. The summed E-state index contributed by atoms with van der Waals surface area (Å²) in [5.74, 6) is 0.926. The van der Waals surface area contributed by atoms with Crippen molar-refractivity contribution in [2.45, 2.75) is 6.54 Å². The number of aliphatic imine (C=N–C) groups is 1. The van der Waals surface area contributed by atoms with E-state index in [0.29, 0.717) is 11.7 Å². The van der Waals surface area contributed by atoms with Crippen molar-refractivity contribution in [2.24, 2.45) is 4.99 Å². The SMILES string of the molecule is Clc1nn(CC2=NCCN2)c2c(-c3cnccn3)cccc12. The number of rotatable bonds is 3. The number of nitrogens with one attached hydrogen (secondary N) is 1. The van der Waals surface area contributed by atoms with Crippen LogP contribution in [-0.2, 0) is 6.54 Å². The minimum atomic E-state index is 0.485. The second-order valence-electron chi connectivity index (χ2n) is 5.00. The van der Waals surface area contributed by atoms with Crippen LogP contribution < -0.4 is 5.32 Å². The van der Waals surface area contributed by atoms with E-state index in [4.69, 9.17) is 11.6 Å². The van der Waals surface area contributed by atoms with Gasteiger partial charge in [-0.3, -0.25) is 19.6 Å². The average Bonchev–Trinajstić information content (AvgIpc) is 3.17. The monoisotopic (exact) mass is 312 g/mol. The molecule has 0 atom stereocenters. The number of fused-ring (bicyclic) bond motifs is 1. The first-order valence-electron chi connectivity index (χ1n) is 7.01. The number of halogens is 1. The molecule has 1 aliphatic heterocycles. The summed E-state index contributed by atoms with van der Waals surface area (Å²) in [6.45, 7) is 2.25. The van der Waals surface area contributed by atoms with E-state index < -0.39 is 0 Å². The fourth-order valence-corrected chi connectivity index (χ4v) is 2.90. The lowest BCUT2D eigenvalue weighted by Gasteiger charge is -2.08. The van der Waals surface area contributed by atoms with Crippen LogP contribution in [0.25, 0.3) is 22.2 Å². The molecule has 6 nitrogen and oxygen atoms in total. The van der Waals surface area contributed by atoms with Gasteiger partial charge in [0, 0.05) is 29.9 Å². The number of para-hydroxylation sites is 1. The van der Waals surface area contributed by atoms with Crippen molar-refractivity contribution in [2.75, 3.05) is 13.1 Å². The topological polar surface area (TPSA) is 68.0 Å². The van der Waals surface area contributed by atoms with Crippen LogP contribution in [0.5, 0.6) is 0 Å². The highest BCUT2D eigenvalue weighted by atomic mass is 35.5. The number of hydrogen-bond acceptors (Lipinski definition) is 5. The third-order valence-corrected chi connectivity index (χ3v) is 3.89. The molecule has 3 heterocycles. The number of benzene rings is 1. The molecule has 0 bridgehead atoms. The molecule has 0 saturated heterocycles.